The van der Waals surface area contributed by atoms with Crippen LogP contribution in [-0.4, -0.2) is 52.7 Å². The molecule has 1 aliphatic heterocycles. The van der Waals surface area contributed by atoms with Gasteiger partial charge in [0.05, 0.1) is 6.42 Å². The van der Waals surface area contributed by atoms with Crippen molar-refractivity contribution >= 4 is 18.0 Å². The number of alkyl carbamates (subject to hydrolysis) is 1. The number of likely N-dealkylation sites (tertiary alicyclic amines) is 1. The molecule has 2 N–H and O–H groups in total. The number of nitrogens with zero attached hydrogens (tertiary/aromatic N) is 1. The lowest BCUT2D eigenvalue weighted by Crippen LogP contribution is -2.59. The van der Waals surface area contributed by atoms with Gasteiger partial charge in [-0.15, -0.1) is 0 Å². The number of hydrogen-bond donors (Lipinski definition) is 2. The Morgan fingerprint density at radius 1 is 0.971 bits per heavy atom. The molecule has 1 saturated heterocycles. The van der Waals surface area contributed by atoms with Gasteiger partial charge in [0.15, 0.2) is 0 Å². The maximum Gasteiger partial charge on any atom is 0.408 e. The summed E-state index contributed by atoms with van der Waals surface area (Å²) >= 11 is 0. The number of carbonyl (C=O) groups is 3. The predicted molar refractivity (Wildman–Crippen MR) is 126 cm³/mol. The van der Waals surface area contributed by atoms with Gasteiger partial charge < -0.3 is 20.1 Å². The van der Waals surface area contributed by atoms with Gasteiger partial charge in [-0.05, 0) is 47.9 Å². The lowest BCUT2D eigenvalue weighted by molar-refractivity contribution is -0.142. The van der Waals surface area contributed by atoms with Gasteiger partial charge in [0, 0.05) is 18.5 Å². The Morgan fingerprint density at radius 3 is 2.21 bits per heavy atom. The van der Waals surface area contributed by atoms with E-state index in [1.807, 2.05) is 24.3 Å². The maximum atomic E-state index is 13.5. The molecule has 7 heteroatoms. The van der Waals surface area contributed by atoms with E-state index in [4.69, 9.17) is 4.74 Å². The zero-order chi connectivity index (χ0) is 23.7. The standard InChI is InChI=1S/C27H30N2O5/c30-24(31)16-18-8-7-15-29(18)25(32)27(13-5-6-14-27)28-26(33)34-17-23-21-11-3-1-9-19(21)20-10-2-4-12-22(20)23/h1-4,9-12,18,23H,5-8,13-17H2,(H,28,33)(H,30,31)/t18-/m1/s1. The largest absolute Gasteiger partial charge is 0.481 e. The fourth-order valence-electron chi connectivity index (χ4n) is 5.99. The fraction of sp³-hybridized carbons (Fsp3) is 0.444. The minimum Gasteiger partial charge on any atom is -0.481 e. The number of nitrogens with one attached hydrogen (secondary N) is 1. The molecule has 1 heterocycles. The molecule has 2 aromatic carbocycles. The number of ether oxygens (including phenoxy) is 1. The number of carboxylic acid groups (broad SMARTS) is 1. The summed E-state index contributed by atoms with van der Waals surface area (Å²) in [6, 6.07) is 16.0. The first-order valence-electron chi connectivity index (χ1n) is 12.1. The minimum absolute atomic E-state index is 0.0492. The van der Waals surface area contributed by atoms with Gasteiger partial charge in [0.2, 0.25) is 5.91 Å². The second kappa shape index (κ2) is 9.12. The van der Waals surface area contributed by atoms with E-state index < -0.39 is 17.6 Å². The van der Waals surface area contributed by atoms with Crippen LogP contribution >= 0.6 is 0 Å². The summed E-state index contributed by atoms with van der Waals surface area (Å²) in [6.07, 6.45) is 3.58. The zero-order valence-electron chi connectivity index (χ0n) is 19.2. The quantitative estimate of drug-likeness (QED) is 0.667. The number of fused-ring (bicyclic) bond motifs is 3. The highest BCUT2D eigenvalue weighted by Gasteiger charge is 2.48. The van der Waals surface area contributed by atoms with E-state index in [2.05, 4.69) is 29.6 Å². The molecule has 1 atom stereocenters. The molecule has 2 aliphatic carbocycles. The van der Waals surface area contributed by atoms with Crippen molar-refractivity contribution in [3.05, 3.63) is 59.7 Å². The molecule has 1 saturated carbocycles. The van der Waals surface area contributed by atoms with Gasteiger partial charge in [-0.2, -0.15) is 0 Å². The molecule has 0 unspecified atom stereocenters. The average Bonchev–Trinajstić information content (AvgIpc) is 3.55. The van der Waals surface area contributed by atoms with Crippen LogP contribution in [0.4, 0.5) is 4.79 Å². The van der Waals surface area contributed by atoms with E-state index in [0.29, 0.717) is 25.8 Å². The van der Waals surface area contributed by atoms with Crippen LogP contribution in [0.15, 0.2) is 48.5 Å². The summed E-state index contributed by atoms with van der Waals surface area (Å²) < 4.78 is 5.72. The van der Waals surface area contributed by atoms with Crippen molar-refractivity contribution in [2.75, 3.05) is 13.2 Å². The average molecular weight is 463 g/mol. The molecule has 2 aromatic rings. The first-order valence-corrected chi connectivity index (χ1v) is 12.1. The first-order chi connectivity index (χ1) is 16.5. The number of aliphatic carboxylic acids is 1. The number of carboxylic acids is 1. The highest BCUT2D eigenvalue weighted by molar-refractivity contribution is 5.91. The van der Waals surface area contributed by atoms with Gasteiger partial charge in [-0.1, -0.05) is 61.4 Å². The van der Waals surface area contributed by atoms with Crippen molar-refractivity contribution in [2.24, 2.45) is 0 Å². The SMILES string of the molecule is O=C(O)C[C@H]1CCCN1C(=O)C1(NC(=O)OCC2c3ccccc3-c3ccccc32)CCCC1. The Balaban J connectivity index is 1.29. The third-order valence-corrected chi connectivity index (χ3v) is 7.60. The molecule has 0 radical (unpaired) electrons. The summed E-state index contributed by atoms with van der Waals surface area (Å²) in [5.41, 5.74) is 3.58. The van der Waals surface area contributed by atoms with Crippen LogP contribution in [0, 0.1) is 0 Å². The number of carbonyl (C=O) groups excluding carboxylic acids is 2. The van der Waals surface area contributed by atoms with Crippen molar-refractivity contribution in [2.45, 2.75) is 62.4 Å². The topological polar surface area (TPSA) is 95.9 Å². The van der Waals surface area contributed by atoms with E-state index in [1.165, 1.54) is 0 Å². The fourth-order valence-corrected chi connectivity index (χ4v) is 5.99. The lowest BCUT2D eigenvalue weighted by Gasteiger charge is -2.35. The normalized spacial score (nSPS) is 20.6. The third-order valence-electron chi connectivity index (χ3n) is 7.60. The molecule has 0 aromatic heterocycles. The number of benzene rings is 2. The minimum atomic E-state index is -1.01. The van der Waals surface area contributed by atoms with Crippen LogP contribution in [0.5, 0.6) is 0 Å². The van der Waals surface area contributed by atoms with E-state index in [1.54, 1.807) is 4.90 Å². The number of hydrogen-bond acceptors (Lipinski definition) is 4. The Bertz CT molecular complexity index is 1060. The van der Waals surface area contributed by atoms with Crippen LogP contribution in [0.25, 0.3) is 11.1 Å². The van der Waals surface area contributed by atoms with E-state index in [9.17, 15) is 19.5 Å². The van der Waals surface area contributed by atoms with Crippen LogP contribution in [0.3, 0.4) is 0 Å². The van der Waals surface area contributed by atoms with Gasteiger partial charge >= 0.3 is 12.1 Å². The Hall–Kier alpha value is -3.35. The molecule has 2 fully saturated rings. The van der Waals surface area contributed by atoms with Crippen LogP contribution in [0.2, 0.25) is 0 Å². The highest BCUT2D eigenvalue weighted by Crippen LogP contribution is 2.44. The van der Waals surface area contributed by atoms with Crippen molar-refractivity contribution in [1.82, 2.24) is 10.2 Å². The van der Waals surface area contributed by atoms with E-state index in [-0.39, 0.29) is 30.9 Å². The molecule has 7 nitrogen and oxygen atoms in total. The Kier molecular flexibility index (Phi) is 6.02. The summed E-state index contributed by atoms with van der Waals surface area (Å²) in [4.78, 5) is 39.4. The predicted octanol–water partition coefficient (Wildman–Crippen LogP) is 4.30. The summed E-state index contributed by atoms with van der Waals surface area (Å²) in [5.74, 6) is -1.12. The van der Waals surface area contributed by atoms with E-state index in [0.717, 1.165) is 41.5 Å². The highest BCUT2D eigenvalue weighted by atomic mass is 16.5. The van der Waals surface area contributed by atoms with Gasteiger partial charge in [-0.3, -0.25) is 9.59 Å². The Morgan fingerprint density at radius 2 is 1.59 bits per heavy atom. The lowest BCUT2D eigenvalue weighted by atomic mass is 9.95. The summed E-state index contributed by atoms with van der Waals surface area (Å²) in [7, 11) is 0. The summed E-state index contributed by atoms with van der Waals surface area (Å²) in [5, 5.41) is 12.1. The first kappa shape index (κ1) is 22.4. The second-order valence-corrected chi connectivity index (χ2v) is 9.63. The Labute approximate surface area is 199 Å². The van der Waals surface area contributed by atoms with Crippen LogP contribution in [-0.2, 0) is 14.3 Å². The molecule has 178 valence electrons. The number of rotatable bonds is 6. The smallest absolute Gasteiger partial charge is 0.408 e. The van der Waals surface area contributed by atoms with Crippen molar-refractivity contribution < 1.29 is 24.2 Å². The molecule has 0 spiro atoms. The monoisotopic (exact) mass is 462 g/mol. The zero-order valence-corrected chi connectivity index (χ0v) is 19.2. The second-order valence-electron chi connectivity index (χ2n) is 9.63. The van der Waals surface area contributed by atoms with E-state index >= 15 is 0 Å². The molecule has 2 amide bonds. The third kappa shape index (κ3) is 4.04. The molecule has 3 aliphatic rings. The van der Waals surface area contributed by atoms with Gasteiger partial charge in [0.25, 0.3) is 0 Å². The molecular weight excluding hydrogens is 432 g/mol. The van der Waals surface area contributed by atoms with Crippen LogP contribution < -0.4 is 5.32 Å². The maximum absolute atomic E-state index is 13.5. The van der Waals surface area contributed by atoms with Crippen molar-refractivity contribution in [1.29, 1.82) is 0 Å². The van der Waals surface area contributed by atoms with Crippen molar-refractivity contribution in [3.8, 4) is 11.1 Å². The van der Waals surface area contributed by atoms with Crippen molar-refractivity contribution in [3.63, 3.8) is 0 Å². The van der Waals surface area contributed by atoms with Gasteiger partial charge in [-0.25, -0.2) is 4.79 Å². The van der Waals surface area contributed by atoms with Gasteiger partial charge in [0.1, 0.15) is 12.1 Å². The molecule has 5 rings (SSSR count). The number of amides is 2. The molecule has 0 bridgehead atoms. The summed E-state index contributed by atoms with van der Waals surface area (Å²) in [6.45, 7) is 0.723. The molecular formula is C27H30N2O5. The molecule has 34 heavy (non-hydrogen) atoms. The van der Waals surface area contributed by atoms with Crippen LogP contribution in [0.1, 0.15) is 62.0 Å².